The van der Waals surface area contributed by atoms with Gasteiger partial charge in [-0.25, -0.2) is 0 Å². The van der Waals surface area contributed by atoms with Crippen LogP contribution in [-0.2, 0) is 10.4 Å². The van der Waals surface area contributed by atoms with Crippen LogP contribution in [0.2, 0.25) is 0 Å². The first-order valence-corrected chi connectivity index (χ1v) is 5.24. The van der Waals surface area contributed by atoms with E-state index in [1.165, 1.54) is 7.11 Å². The molecule has 0 bridgehead atoms. The molecule has 18 heavy (non-hydrogen) atoms. The van der Waals surface area contributed by atoms with Crippen molar-refractivity contribution in [3.63, 3.8) is 0 Å². The van der Waals surface area contributed by atoms with Crippen molar-refractivity contribution in [2.24, 2.45) is 0 Å². The van der Waals surface area contributed by atoms with Crippen LogP contribution in [0.25, 0.3) is 0 Å². The van der Waals surface area contributed by atoms with Crippen molar-refractivity contribution in [3.05, 3.63) is 27.8 Å². The van der Waals surface area contributed by atoms with Crippen molar-refractivity contribution in [2.45, 2.75) is 12.5 Å². The quantitative estimate of drug-likeness (QED) is 0.324. The van der Waals surface area contributed by atoms with E-state index in [1.54, 1.807) is 0 Å². The number of nitro benzene ring substituents is 1. The summed E-state index contributed by atoms with van der Waals surface area (Å²) >= 11 is 3.51. The van der Waals surface area contributed by atoms with E-state index in [0.717, 1.165) is 19.1 Å². The molecule has 0 aliphatic rings. The van der Waals surface area contributed by atoms with Crippen molar-refractivity contribution in [1.82, 2.24) is 0 Å². The molecule has 98 valence electrons. The number of methoxy groups -OCH3 is 1. The molecular formula is C10H12N2O5S. The summed E-state index contributed by atoms with van der Waals surface area (Å²) in [6.45, 7) is 1.11. The highest BCUT2D eigenvalue weighted by Gasteiger charge is 2.37. The lowest BCUT2D eigenvalue weighted by molar-refractivity contribution is -0.386. The highest BCUT2D eigenvalue weighted by atomic mass is 32.1. The molecule has 1 aromatic rings. The maximum Gasteiger partial charge on any atom is 0.279 e. The zero-order chi connectivity index (χ0) is 14.1. The second-order valence-electron chi connectivity index (χ2n) is 3.75. The van der Waals surface area contributed by atoms with E-state index in [4.69, 9.17) is 10.5 Å². The third-order valence-electron chi connectivity index (χ3n) is 2.49. The number of carbonyl (C=O) groups is 1. The Labute approximate surface area is 108 Å². The lowest BCUT2D eigenvalue weighted by Crippen LogP contribution is -2.29. The smallest absolute Gasteiger partial charge is 0.279 e. The van der Waals surface area contributed by atoms with Gasteiger partial charge in [0.1, 0.15) is 5.75 Å². The number of nitrogen functional groups attached to an aromatic ring is 1. The molecule has 0 aliphatic carbocycles. The molecule has 0 saturated heterocycles. The number of aliphatic hydroxyl groups is 1. The van der Waals surface area contributed by atoms with E-state index < -0.39 is 21.3 Å². The molecule has 8 heteroatoms. The summed E-state index contributed by atoms with van der Waals surface area (Å²) < 4.78 is 4.85. The number of hydrogen-bond acceptors (Lipinski definition) is 6. The average molecular weight is 272 g/mol. The number of thiol groups is 1. The third-order valence-corrected chi connectivity index (χ3v) is 2.92. The number of carbonyl (C=O) groups excluding carboxylic acids is 1. The van der Waals surface area contributed by atoms with E-state index in [1.807, 2.05) is 0 Å². The largest absolute Gasteiger partial charge is 0.494 e. The summed E-state index contributed by atoms with van der Waals surface area (Å²) in [5, 5.41) is 20.0. The monoisotopic (exact) mass is 272 g/mol. The van der Waals surface area contributed by atoms with E-state index >= 15 is 0 Å². The van der Waals surface area contributed by atoms with Crippen LogP contribution in [0.15, 0.2) is 12.1 Å². The number of nitrogens with two attached hydrogens (primary N) is 1. The Bertz CT molecular complexity index is 515. The summed E-state index contributed by atoms with van der Waals surface area (Å²) in [6.07, 6.45) is 0. The summed E-state index contributed by atoms with van der Waals surface area (Å²) in [5.41, 5.74) is 2.88. The van der Waals surface area contributed by atoms with Gasteiger partial charge in [0.15, 0.2) is 5.60 Å². The van der Waals surface area contributed by atoms with Gasteiger partial charge in [0.05, 0.1) is 29.4 Å². The van der Waals surface area contributed by atoms with Crippen LogP contribution in [-0.4, -0.2) is 22.3 Å². The van der Waals surface area contributed by atoms with Gasteiger partial charge in [-0.1, -0.05) is 0 Å². The standard InChI is InChI=1S/C10H12N2O5S/c1-10(14,9(13)18)5-3-6(11)8(17-2)4-7(5)12(15)16/h3-4,14H,11H2,1-2H3,(H,13,18). The fourth-order valence-corrected chi connectivity index (χ4v) is 1.54. The Kier molecular flexibility index (Phi) is 3.82. The maximum atomic E-state index is 11.2. The van der Waals surface area contributed by atoms with Gasteiger partial charge in [-0.05, 0) is 13.0 Å². The predicted octanol–water partition coefficient (Wildman–Crippen LogP) is 0.850. The van der Waals surface area contributed by atoms with E-state index in [9.17, 15) is 20.0 Å². The topological polar surface area (TPSA) is 116 Å². The summed E-state index contributed by atoms with van der Waals surface area (Å²) in [5.74, 6) is 0.0906. The molecule has 1 unspecified atom stereocenters. The van der Waals surface area contributed by atoms with Gasteiger partial charge in [-0.3, -0.25) is 14.9 Å². The number of nitro groups is 1. The molecule has 0 radical (unpaired) electrons. The lowest BCUT2D eigenvalue weighted by atomic mass is 9.94. The first-order chi connectivity index (χ1) is 8.21. The van der Waals surface area contributed by atoms with Gasteiger partial charge >= 0.3 is 0 Å². The van der Waals surface area contributed by atoms with Gasteiger partial charge in [0, 0.05) is 0 Å². The maximum absolute atomic E-state index is 11.2. The van der Waals surface area contributed by atoms with E-state index in [0.29, 0.717) is 0 Å². The lowest BCUT2D eigenvalue weighted by Gasteiger charge is -2.20. The van der Waals surface area contributed by atoms with Crippen molar-refractivity contribution in [1.29, 1.82) is 0 Å². The van der Waals surface area contributed by atoms with Gasteiger partial charge in [0.2, 0.25) is 5.12 Å². The predicted molar refractivity (Wildman–Crippen MR) is 67.6 cm³/mol. The van der Waals surface area contributed by atoms with Crippen LogP contribution in [0, 0.1) is 10.1 Å². The third kappa shape index (κ3) is 2.39. The number of rotatable bonds is 4. The SMILES string of the molecule is COc1cc([N+](=O)[O-])c(C(C)(O)C(=O)S)cc1N. The van der Waals surface area contributed by atoms with Crippen molar-refractivity contribution >= 4 is 29.1 Å². The van der Waals surface area contributed by atoms with Crippen LogP contribution in [0.4, 0.5) is 11.4 Å². The Morgan fingerprint density at radius 3 is 2.56 bits per heavy atom. The Morgan fingerprint density at radius 2 is 2.17 bits per heavy atom. The number of ether oxygens (including phenoxy) is 1. The zero-order valence-corrected chi connectivity index (χ0v) is 10.6. The molecule has 0 heterocycles. The second kappa shape index (κ2) is 4.83. The number of nitrogens with zero attached hydrogens (tertiary/aromatic N) is 1. The van der Waals surface area contributed by atoms with Crippen LogP contribution >= 0.6 is 12.6 Å². The Hall–Kier alpha value is -1.80. The Morgan fingerprint density at radius 1 is 1.61 bits per heavy atom. The van der Waals surface area contributed by atoms with Crippen molar-refractivity contribution in [2.75, 3.05) is 12.8 Å². The number of anilines is 1. The van der Waals surface area contributed by atoms with Gasteiger partial charge in [-0.2, -0.15) is 0 Å². The fourth-order valence-electron chi connectivity index (χ4n) is 1.42. The molecule has 0 amide bonds. The molecule has 0 spiro atoms. The van der Waals surface area contributed by atoms with Crippen LogP contribution in [0.3, 0.4) is 0 Å². The Balaban J connectivity index is 3.57. The fraction of sp³-hybridized carbons (Fsp3) is 0.300. The van der Waals surface area contributed by atoms with E-state index in [-0.39, 0.29) is 17.0 Å². The van der Waals surface area contributed by atoms with E-state index in [2.05, 4.69) is 12.6 Å². The zero-order valence-electron chi connectivity index (χ0n) is 9.71. The average Bonchev–Trinajstić information content (AvgIpc) is 2.27. The first-order valence-electron chi connectivity index (χ1n) is 4.80. The summed E-state index contributed by atoms with van der Waals surface area (Å²) in [7, 11) is 1.30. The minimum absolute atomic E-state index is 0.0768. The molecule has 0 aromatic heterocycles. The summed E-state index contributed by atoms with van der Waals surface area (Å²) in [6, 6.07) is 2.18. The molecule has 3 N–H and O–H groups in total. The molecule has 0 saturated carbocycles. The highest BCUT2D eigenvalue weighted by molar-refractivity contribution is 7.96. The van der Waals surface area contributed by atoms with Crippen molar-refractivity contribution < 1.29 is 19.6 Å². The summed E-state index contributed by atoms with van der Waals surface area (Å²) in [4.78, 5) is 21.4. The van der Waals surface area contributed by atoms with Crippen LogP contribution < -0.4 is 10.5 Å². The van der Waals surface area contributed by atoms with Gasteiger partial charge < -0.3 is 15.6 Å². The molecule has 0 fully saturated rings. The molecule has 1 aromatic carbocycles. The molecule has 7 nitrogen and oxygen atoms in total. The molecule has 1 atom stereocenters. The van der Waals surface area contributed by atoms with Gasteiger partial charge in [-0.15, -0.1) is 12.6 Å². The molecular weight excluding hydrogens is 260 g/mol. The molecule has 1 rings (SSSR count). The molecule has 0 aliphatic heterocycles. The normalized spacial score (nSPS) is 13.8. The van der Waals surface area contributed by atoms with Crippen LogP contribution in [0.5, 0.6) is 5.75 Å². The van der Waals surface area contributed by atoms with Gasteiger partial charge in [0.25, 0.3) is 5.69 Å². The second-order valence-corrected chi connectivity index (χ2v) is 4.15. The van der Waals surface area contributed by atoms with Crippen LogP contribution in [0.1, 0.15) is 12.5 Å². The number of benzene rings is 1. The number of hydrogen-bond donors (Lipinski definition) is 3. The first kappa shape index (κ1) is 14.3. The minimum atomic E-state index is -2.11. The van der Waals surface area contributed by atoms with Crippen molar-refractivity contribution in [3.8, 4) is 5.75 Å². The highest BCUT2D eigenvalue weighted by Crippen LogP contribution is 2.37. The minimum Gasteiger partial charge on any atom is -0.494 e.